The van der Waals surface area contributed by atoms with Crippen LogP contribution >= 0.6 is 0 Å². The molecule has 1 aromatic heterocycles. The van der Waals surface area contributed by atoms with Crippen LogP contribution in [0.4, 0.5) is 0 Å². The maximum atomic E-state index is 12.2. The molecular formula is C12H13N3O2. The number of amides is 1. The fourth-order valence-electron chi connectivity index (χ4n) is 2.22. The van der Waals surface area contributed by atoms with Crippen LogP contribution in [-0.4, -0.2) is 41.3 Å². The minimum absolute atomic E-state index is 0.00741. The van der Waals surface area contributed by atoms with E-state index in [1.54, 1.807) is 23.7 Å². The molecule has 1 unspecified atom stereocenters. The van der Waals surface area contributed by atoms with E-state index in [-0.39, 0.29) is 12.1 Å². The molecule has 2 heterocycles. The Hall–Kier alpha value is -1.88. The summed E-state index contributed by atoms with van der Waals surface area (Å²) in [5, 5.41) is 5.32. The number of carbonyl (C=O) groups excluding carboxylic acids is 1. The highest BCUT2D eigenvalue weighted by Crippen LogP contribution is 2.27. The van der Waals surface area contributed by atoms with Crippen molar-refractivity contribution in [1.29, 1.82) is 0 Å². The Bertz CT molecular complexity index is 590. The summed E-state index contributed by atoms with van der Waals surface area (Å²) in [5.41, 5.74) is 1.44. The van der Waals surface area contributed by atoms with E-state index >= 15 is 0 Å². The lowest BCUT2D eigenvalue weighted by Crippen LogP contribution is -2.41. The molecule has 2 aromatic rings. The third kappa shape index (κ3) is 1.36. The molecule has 0 N–H and O–H groups in total. The average Bonchev–Trinajstić information content (AvgIpc) is 2.73. The molecule has 3 rings (SSSR count). The maximum absolute atomic E-state index is 12.2. The van der Waals surface area contributed by atoms with Gasteiger partial charge in [0, 0.05) is 19.5 Å². The molecule has 0 saturated carbocycles. The number of nitrogens with zero attached hydrogens (tertiary/aromatic N) is 3. The lowest BCUT2D eigenvalue weighted by Gasteiger charge is -2.29. The average molecular weight is 231 g/mol. The first-order chi connectivity index (χ1) is 8.22. The van der Waals surface area contributed by atoms with Crippen LogP contribution in [0.3, 0.4) is 0 Å². The van der Waals surface area contributed by atoms with Crippen LogP contribution in [0.2, 0.25) is 0 Å². The fraction of sp³-hybridized carbons (Fsp3) is 0.333. The molecule has 0 radical (unpaired) electrons. The summed E-state index contributed by atoms with van der Waals surface area (Å²) < 4.78 is 7.06. The van der Waals surface area contributed by atoms with Crippen LogP contribution in [0.1, 0.15) is 16.7 Å². The molecule has 1 atom stereocenters. The number of rotatable bonds is 1. The van der Waals surface area contributed by atoms with E-state index in [0.717, 1.165) is 10.9 Å². The van der Waals surface area contributed by atoms with Crippen molar-refractivity contribution in [2.24, 2.45) is 0 Å². The topological polar surface area (TPSA) is 47.4 Å². The highest BCUT2D eigenvalue weighted by molar-refractivity contribution is 6.05. The number of benzene rings is 1. The van der Waals surface area contributed by atoms with E-state index in [4.69, 9.17) is 4.74 Å². The monoisotopic (exact) mass is 231 g/mol. The van der Waals surface area contributed by atoms with Crippen molar-refractivity contribution in [3.05, 3.63) is 30.0 Å². The number of methoxy groups -OCH3 is 1. The van der Waals surface area contributed by atoms with Gasteiger partial charge in [0.2, 0.25) is 0 Å². The summed E-state index contributed by atoms with van der Waals surface area (Å²) in [6.07, 6.45) is -0.208. The molecule has 0 saturated heterocycles. The third-order valence-electron chi connectivity index (χ3n) is 3.13. The predicted octanol–water partition coefficient (Wildman–Crippen LogP) is 1.27. The first-order valence-electron chi connectivity index (χ1n) is 5.48. The van der Waals surface area contributed by atoms with Gasteiger partial charge in [-0.25, -0.2) is 4.68 Å². The molecular weight excluding hydrogens is 218 g/mol. The van der Waals surface area contributed by atoms with Crippen molar-refractivity contribution in [2.75, 3.05) is 20.7 Å². The molecule has 0 fully saturated rings. The number of hydrogen-bond acceptors (Lipinski definition) is 3. The SMILES string of the molecule is COC1CN(C)C(=O)c2c3ccccc3nn21. The molecule has 1 aliphatic heterocycles. The van der Waals surface area contributed by atoms with Gasteiger partial charge >= 0.3 is 0 Å². The predicted molar refractivity (Wildman–Crippen MR) is 62.7 cm³/mol. The number of ether oxygens (including phenoxy) is 1. The second-order valence-corrected chi connectivity index (χ2v) is 4.19. The van der Waals surface area contributed by atoms with E-state index in [1.807, 2.05) is 24.3 Å². The molecule has 0 aliphatic carbocycles. The number of aromatic nitrogens is 2. The minimum atomic E-state index is -0.208. The van der Waals surface area contributed by atoms with Gasteiger partial charge in [0.1, 0.15) is 5.69 Å². The molecule has 1 amide bonds. The number of carbonyl (C=O) groups is 1. The van der Waals surface area contributed by atoms with Gasteiger partial charge in [0.15, 0.2) is 6.23 Å². The van der Waals surface area contributed by atoms with Gasteiger partial charge in [-0.05, 0) is 6.07 Å². The molecule has 0 spiro atoms. The minimum Gasteiger partial charge on any atom is -0.358 e. The van der Waals surface area contributed by atoms with Crippen molar-refractivity contribution < 1.29 is 9.53 Å². The first-order valence-corrected chi connectivity index (χ1v) is 5.48. The van der Waals surface area contributed by atoms with Crippen LogP contribution in [0.25, 0.3) is 10.9 Å². The lowest BCUT2D eigenvalue weighted by atomic mass is 10.1. The second kappa shape index (κ2) is 3.56. The molecule has 5 nitrogen and oxygen atoms in total. The molecule has 88 valence electrons. The number of hydrogen-bond donors (Lipinski definition) is 0. The number of likely N-dealkylation sites (N-methyl/N-ethyl adjacent to an activating group) is 1. The van der Waals surface area contributed by atoms with E-state index in [2.05, 4.69) is 5.10 Å². The highest BCUT2D eigenvalue weighted by Gasteiger charge is 2.32. The Kier molecular flexibility index (Phi) is 2.16. The molecule has 5 heteroatoms. The Morgan fingerprint density at radius 3 is 2.94 bits per heavy atom. The van der Waals surface area contributed by atoms with Crippen molar-refractivity contribution in [3.8, 4) is 0 Å². The Balaban J connectivity index is 2.31. The second-order valence-electron chi connectivity index (χ2n) is 4.19. The lowest BCUT2D eigenvalue weighted by molar-refractivity contribution is -0.00395. The van der Waals surface area contributed by atoms with E-state index < -0.39 is 0 Å². The normalized spacial score (nSPS) is 19.8. The van der Waals surface area contributed by atoms with E-state index in [0.29, 0.717) is 12.2 Å². The first kappa shape index (κ1) is 10.3. The van der Waals surface area contributed by atoms with E-state index in [1.165, 1.54) is 0 Å². The van der Waals surface area contributed by atoms with Gasteiger partial charge in [-0.2, -0.15) is 5.10 Å². The summed E-state index contributed by atoms with van der Waals surface area (Å²) in [5.74, 6) is -0.00741. The largest absolute Gasteiger partial charge is 0.358 e. The van der Waals surface area contributed by atoms with Crippen LogP contribution in [-0.2, 0) is 4.74 Å². The zero-order valence-corrected chi connectivity index (χ0v) is 9.75. The van der Waals surface area contributed by atoms with E-state index in [9.17, 15) is 4.79 Å². The van der Waals surface area contributed by atoms with Gasteiger partial charge < -0.3 is 9.64 Å². The standard InChI is InChI=1S/C12H13N3O2/c1-14-7-10(17-2)15-11(12(14)16)8-5-3-4-6-9(8)13-15/h3-6,10H,7H2,1-2H3. The van der Waals surface area contributed by atoms with Crippen molar-refractivity contribution >= 4 is 16.8 Å². The summed E-state index contributed by atoms with van der Waals surface area (Å²) in [7, 11) is 3.41. The Morgan fingerprint density at radius 2 is 2.18 bits per heavy atom. The Labute approximate surface area is 98.6 Å². The zero-order chi connectivity index (χ0) is 12.0. The molecule has 17 heavy (non-hydrogen) atoms. The maximum Gasteiger partial charge on any atom is 0.272 e. The summed E-state index contributed by atoms with van der Waals surface area (Å²) in [6.45, 7) is 0.524. The quantitative estimate of drug-likeness (QED) is 0.742. The van der Waals surface area contributed by atoms with Gasteiger partial charge in [-0.15, -0.1) is 0 Å². The van der Waals surface area contributed by atoms with Crippen LogP contribution in [0.5, 0.6) is 0 Å². The third-order valence-corrected chi connectivity index (χ3v) is 3.13. The summed E-state index contributed by atoms with van der Waals surface area (Å²) >= 11 is 0. The van der Waals surface area contributed by atoms with Gasteiger partial charge in [0.05, 0.1) is 12.1 Å². The fourth-order valence-corrected chi connectivity index (χ4v) is 2.22. The Morgan fingerprint density at radius 1 is 1.41 bits per heavy atom. The van der Waals surface area contributed by atoms with Gasteiger partial charge in [0.25, 0.3) is 5.91 Å². The molecule has 1 aliphatic rings. The highest BCUT2D eigenvalue weighted by atomic mass is 16.5. The van der Waals surface area contributed by atoms with Crippen molar-refractivity contribution in [2.45, 2.75) is 6.23 Å². The summed E-state index contributed by atoms with van der Waals surface area (Å²) in [4.78, 5) is 13.8. The van der Waals surface area contributed by atoms with Crippen LogP contribution in [0.15, 0.2) is 24.3 Å². The number of fused-ring (bicyclic) bond motifs is 3. The summed E-state index contributed by atoms with van der Waals surface area (Å²) in [6, 6.07) is 7.64. The van der Waals surface area contributed by atoms with Crippen LogP contribution in [0, 0.1) is 0 Å². The molecule has 1 aromatic carbocycles. The zero-order valence-electron chi connectivity index (χ0n) is 9.75. The van der Waals surface area contributed by atoms with Gasteiger partial charge in [-0.1, -0.05) is 18.2 Å². The van der Waals surface area contributed by atoms with Crippen molar-refractivity contribution in [3.63, 3.8) is 0 Å². The molecule has 0 bridgehead atoms. The smallest absolute Gasteiger partial charge is 0.272 e. The van der Waals surface area contributed by atoms with Crippen LogP contribution < -0.4 is 0 Å². The van der Waals surface area contributed by atoms with Crippen molar-refractivity contribution in [1.82, 2.24) is 14.7 Å². The van der Waals surface area contributed by atoms with Gasteiger partial charge in [-0.3, -0.25) is 4.79 Å².